The number of hydrogen-bond acceptors (Lipinski definition) is 2. The van der Waals surface area contributed by atoms with Gasteiger partial charge in [-0.2, -0.15) is 0 Å². The maximum Gasteiger partial charge on any atom is 0.172 e. The Morgan fingerprint density at radius 2 is 2.00 bits per heavy atom. The van der Waals surface area contributed by atoms with E-state index in [0.29, 0.717) is 5.92 Å². The first-order chi connectivity index (χ1) is 5.87. The highest BCUT2D eigenvalue weighted by Gasteiger charge is 2.87. The Balaban J connectivity index is 2.20. The van der Waals surface area contributed by atoms with Crippen molar-refractivity contribution in [1.82, 2.24) is 0 Å². The summed E-state index contributed by atoms with van der Waals surface area (Å²) >= 11 is 0. The van der Waals surface area contributed by atoms with Gasteiger partial charge in [0.05, 0.1) is 5.92 Å². The van der Waals surface area contributed by atoms with Crippen LogP contribution < -0.4 is 0 Å². The summed E-state index contributed by atoms with van der Waals surface area (Å²) in [5.41, 5.74) is -0.924. The second-order valence-corrected chi connectivity index (χ2v) is 5.81. The number of aliphatic hydroxyl groups is 1. The van der Waals surface area contributed by atoms with Crippen LogP contribution in [0.5, 0.6) is 0 Å². The summed E-state index contributed by atoms with van der Waals surface area (Å²) < 4.78 is 0. The summed E-state index contributed by atoms with van der Waals surface area (Å²) in [4.78, 5) is 11.5. The molecule has 3 aliphatic carbocycles. The Kier molecular flexibility index (Phi) is 0.984. The van der Waals surface area contributed by atoms with E-state index in [1.807, 2.05) is 0 Å². The summed E-state index contributed by atoms with van der Waals surface area (Å²) in [5.74, 6) is 0.549. The van der Waals surface area contributed by atoms with Gasteiger partial charge in [-0.3, -0.25) is 4.79 Å². The van der Waals surface area contributed by atoms with E-state index in [0.717, 1.165) is 12.8 Å². The molecule has 3 aliphatic rings. The van der Waals surface area contributed by atoms with Gasteiger partial charge < -0.3 is 5.11 Å². The molecule has 13 heavy (non-hydrogen) atoms. The highest BCUT2D eigenvalue weighted by Crippen LogP contribution is 2.79. The number of fused-ring (bicyclic) bond motifs is 5. The summed E-state index contributed by atoms with van der Waals surface area (Å²) in [7, 11) is 0. The van der Waals surface area contributed by atoms with Gasteiger partial charge in [-0.25, -0.2) is 0 Å². The largest absolute Gasteiger partial charge is 0.381 e. The highest BCUT2D eigenvalue weighted by molar-refractivity contribution is 6.09. The van der Waals surface area contributed by atoms with Crippen LogP contribution in [0.2, 0.25) is 0 Å². The van der Waals surface area contributed by atoms with Crippen LogP contribution >= 0.6 is 0 Å². The summed E-state index contributed by atoms with van der Waals surface area (Å²) in [6, 6.07) is 0. The summed E-state index contributed by atoms with van der Waals surface area (Å²) in [6.07, 6.45) is 2.14. The molecule has 0 heterocycles. The third kappa shape index (κ3) is 0.475. The van der Waals surface area contributed by atoms with E-state index < -0.39 is 5.60 Å². The third-order valence-electron chi connectivity index (χ3n) is 5.57. The van der Waals surface area contributed by atoms with Crippen LogP contribution in [0.4, 0.5) is 0 Å². The fourth-order valence-corrected chi connectivity index (χ4v) is 4.21. The van der Waals surface area contributed by atoms with Gasteiger partial charge in [0.2, 0.25) is 0 Å². The van der Waals surface area contributed by atoms with Crippen molar-refractivity contribution in [2.24, 2.45) is 22.7 Å². The van der Waals surface area contributed by atoms with Crippen molar-refractivity contribution >= 4 is 5.78 Å². The summed E-state index contributed by atoms with van der Waals surface area (Å²) in [6.45, 7) is 6.52. The van der Waals surface area contributed by atoms with Crippen LogP contribution in [0.15, 0.2) is 0 Å². The molecular weight excluding hydrogens is 164 g/mol. The third-order valence-corrected chi connectivity index (χ3v) is 5.57. The first kappa shape index (κ1) is 7.98. The van der Waals surface area contributed by atoms with Crippen LogP contribution in [0.3, 0.4) is 0 Å². The van der Waals surface area contributed by atoms with Crippen molar-refractivity contribution in [3.8, 4) is 0 Å². The molecule has 0 aromatic carbocycles. The van der Waals surface area contributed by atoms with Crippen LogP contribution in [0, 0.1) is 22.7 Å². The fraction of sp³-hybridized carbons (Fsp3) is 0.909. The lowest BCUT2D eigenvalue weighted by Gasteiger charge is -2.39. The average Bonchev–Trinajstić information content (AvgIpc) is 2.45. The number of carbonyl (C=O) groups is 1. The molecule has 0 saturated heterocycles. The molecule has 72 valence electrons. The van der Waals surface area contributed by atoms with E-state index in [4.69, 9.17) is 0 Å². The number of carbonyl (C=O) groups excluding carboxylic acids is 1. The Labute approximate surface area is 78.3 Å². The number of ketones is 1. The molecule has 0 aromatic heterocycles. The average molecular weight is 180 g/mol. The smallest absolute Gasteiger partial charge is 0.172 e. The van der Waals surface area contributed by atoms with Gasteiger partial charge in [0, 0.05) is 5.41 Å². The van der Waals surface area contributed by atoms with Crippen molar-refractivity contribution in [1.29, 1.82) is 0 Å². The molecule has 2 nitrogen and oxygen atoms in total. The Hall–Kier alpha value is -0.370. The van der Waals surface area contributed by atoms with Gasteiger partial charge in [-0.15, -0.1) is 0 Å². The molecule has 4 atom stereocenters. The zero-order chi connectivity index (χ0) is 9.65. The minimum Gasteiger partial charge on any atom is -0.381 e. The molecular formula is C11H16O2. The van der Waals surface area contributed by atoms with Crippen LogP contribution in [-0.2, 0) is 4.79 Å². The lowest BCUT2D eigenvalue weighted by atomic mass is 9.66. The number of rotatable bonds is 0. The van der Waals surface area contributed by atoms with Crippen molar-refractivity contribution in [3.63, 3.8) is 0 Å². The second kappa shape index (κ2) is 1.60. The van der Waals surface area contributed by atoms with E-state index in [1.165, 1.54) is 0 Å². The zero-order valence-electron chi connectivity index (χ0n) is 8.42. The van der Waals surface area contributed by atoms with E-state index in [-0.39, 0.29) is 22.5 Å². The van der Waals surface area contributed by atoms with Crippen molar-refractivity contribution in [3.05, 3.63) is 0 Å². The molecule has 3 rings (SSSR count). The molecule has 2 heteroatoms. The number of hydrogen-bond donors (Lipinski definition) is 1. The quantitative estimate of drug-likeness (QED) is 0.611. The lowest BCUT2D eigenvalue weighted by Crippen LogP contribution is -2.42. The lowest BCUT2D eigenvalue weighted by molar-refractivity contribution is -0.126. The summed E-state index contributed by atoms with van der Waals surface area (Å²) in [5, 5.41) is 10.3. The Morgan fingerprint density at radius 1 is 1.38 bits per heavy atom. The minimum atomic E-state index is -0.931. The van der Waals surface area contributed by atoms with Crippen LogP contribution in [-0.4, -0.2) is 16.5 Å². The monoisotopic (exact) mass is 180 g/mol. The maximum absolute atomic E-state index is 11.5. The van der Waals surface area contributed by atoms with Gasteiger partial charge in [0.25, 0.3) is 0 Å². The zero-order valence-corrected chi connectivity index (χ0v) is 8.42. The molecule has 1 N–H and O–H groups in total. The van der Waals surface area contributed by atoms with E-state index in [2.05, 4.69) is 20.8 Å². The fourth-order valence-electron chi connectivity index (χ4n) is 4.21. The maximum atomic E-state index is 11.5. The first-order valence-electron chi connectivity index (χ1n) is 5.14. The molecule has 3 saturated carbocycles. The van der Waals surface area contributed by atoms with E-state index >= 15 is 0 Å². The van der Waals surface area contributed by atoms with E-state index in [9.17, 15) is 9.90 Å². The van der Waals surface area contributed by atoms with Crippen molar-refractivity contribution in [2.45, 2.75) is 39.2 Å². The predicted molar refractivity (Wildman–Crippen MR) is 48.1 cm³/mol. The Morgan fingerprint density at radius 3 is 2.38 bits per heavy atom. The van der Waals surface area contributed by atoms with Gasteiger partial charge in [-0.05, 0) is 24.2 Å². The molecule has 2 bridgehead atoms. The van der Waals surface area contributed by atoms with Crippen LogP contribution in [0.25, 0.3) is 0 Å². The highest BCUT2D eigenvalue weighted by atomic mass is 16.3. The van der Waals surface area contributed by atoms with E-state index in [1.54, 1.807) is 0 Å². The van der Waals surface area contributed by atoms with Gasteiger partial charge in [0.1, 0.15) is 5.60 Å². The molecule has 1 unspecified atom stereocenters. The molecule has 0 spiro atoms. The first-order valence-corrected chi connectivity index (χ1v) is 5.14. The molecule has 3 fully saturated rings. The molecule has 0 radical (unpaired) electrons. The Bertz CT molecular complexity index is 320. The van der Waals surface area contributed by atoms with Gasteiger partial charge in [0.15, 0.2) is 5.78 Å². The molecule has 0 aromatic rings. The SMILES string of the molecule is CC1(C)[C@@H]2CC[C@@]1(C)[C@]1(O)C(=O)C21. The topological polar surface area (TPSA) is 37.3 Å². The second-order valence-electron chi connectivity index (χ2n) is 5.81. The van der Waals surface area contributed by atoms with Crippen LogP contribution in [0.1, 0.15) is 33.6 Å². The predicted octanol–water partition coefficient (Wildman–Crippen LogP) is 1.37. The minimum absolute atomic E-state index is 0.0127. The molecule has 0 aliphatic heterocycles. The van der Waals surface area contributed by atoms with Crippen molar-refractivity contribution < 1.29 is 9.90 Å². The van der Waals surface area contributed by atoms with Crippen molar-refractivity contribution in [2.75, 3.05) is 0 Å². The standard InChI is InChI=1S/C11H16O2/c1-9(2)6-4-5-10(9,3)11(13)7(6)8(11)12/h6-7,13H,4-5H2,1-3H3/t6-,7?,10-,11-/m1/s1. The normalized spacial score (nSPS) is 61.1. The van der Waals surface area contributed by atoms with Gasteiger partial charge in [-0.1, -0.05) is 20.8 Å². The van der Waals surface area contributed by atoms with Gasteiger partial charge >= 0.3 is 0 Å². The number of Topliss-reactive ketones (excluding diaryl/α,β-unsaturated/α-hetero) is 1. The molecule has 0 amide bonds.